The van der Waals surface area contributed by atoms with E-state index in [1.165, 1.54) is 0 Å². The Kier molecular flexibility index (Phi) is 6.24. The number of hydrogen-bond donors (Lipinski definition) is 1. The van der Waals surface area contributed by atoms with Gasteiger partial charge in [0.15, 0.2) is 0 Å². The third-order valence-corrected chi connectivity index (χ3v) is 3.34. The van der Waals surface area contributed by atoms with Crippen molar-refractivity contribution in [2.24, 2.45) is 0 Å². The first kappa shape index (κ1) is 15.1. The summed E-state index contributed by atoms with van der Waals surface area (Å²) < 4.78 is 4.97. The zero-order valence-corrected chi connectivity index (χ0v) is 12.2. The van der Waals surface area contributed by atoms with E-state index in [0.29, 0.717) is 13.2 Å². The molecule has 0 saturated carbocycles. The molecule has 102 valence electrons. The third-order valence-electron chi connectivity index (χ3n) is 2.55. The van der Waals surface area contributed by atoms with Gasteiger partial charge in [-0.05, 0) is 20.9 Å². The second kappa shape index (κ2) is 7.45. The van der Waals surface area contributed by atoms with Gasteiger partial charge in [0.05, 0.1) is 29.9 Å². The number of methoxy groups -OCH3 is 1. The molecule has 1 aromatic rings. The van der Waals surface area contributed by atoms with E-state index in [9.17, 15) is 4.79 Å². The molecule has 0 bridgehead atoms. The third kappa shape index (κ3) is 5.12. The van der Waals surface area contributed by atoms with Crippen LogP contribution < -0.4 is 5.32 Å². The normalized spacial score (nSPS) is 12.7. The first-order valence-electron chi connectivity index (χ1n) is 5.91. The predicted octanol–water partition coefficient (Wildman–Crippen LogP) is 1.21. The summed E-state index contributed by atoms with van der Waals surface area (Å²) in [4.78, 5) is 18.1. The molecule has 6 heteroatoms. The molecule has 0 radical (unpaired) electrons. The summed E-state index contributed by atoms with van der Waals surface area (Å²) in [5.74, 6) is 0.00626. The SMILES string of the molecule is COCCN(C)CC(=O)N[C@@H](C)c1csc(C)n1. The summed E-state index contributed by atoms with van der Waals surface area (Å²) in [7, 11) is 3.55. The van der Waals surface area contributed by atoms with Crippen LogP contribution in [0, 0.1) is 6.92 Å². The lowest BCUT2D eigenvalue weighted by Gasteiger charge is -2.17. The van der Waals surface area contributed by atoms with Gasteiger partial charge in [-0.15, -0.1) is 11.3 Å². The number of carbonyl (C=O) groups excluding carboxylic acids is 1. The molecule has 0 aliphatic heterocycles. The smallest absolute Gasteiger partial charge is 0.234 e. The average Bonchev–Trinajstić information content (AvgIpc) is 2.73. The lowest BCUT2D eigenvalue weighted by Crippen LogP contribution is -2.37. The summed E-state index contributed by atoms with van der Waals surface area (Å²) in [6.07, 6.45) is 0. The van der Waals surface area contributed by atoms with Crippen molar-refractivity contribution in [2.75, 3.05) is 33.9 Å². The molecule has 1 atom stereocenters. The molecular weight excluding hydrogens is 250 g/mol. The predicted molar refractivity (Wildman–Crippen MR) is 72.8 cm³/mol. The van der Waals surface area contributed by atoms with Gasteiger partial charge in [0.1, 0.15) is 0 Å². The number of carbonyl (C=O) groups is 1. The van der Waals surface area contributed by atoms with Crippen LogP contribution in [-0.4, -0.2) is 49.6 Å². The maximum atomic E-state index is 11.8. The molecule has 0 saturated heterocycles. The maximum absolute atomic E-state index is 11.8. The monoisotopic (exact) mass is 271 g/mol. The van der Waals surface area contributed by atoms with Crippen LogP contribution in [0.1, 0.15) is 23.7 Å². The van der Waals surface area contributed by atoms with Crippen LogP contribution in [0.4, 0.5) is 0 Å². The molecule has 0 aliphatic carbocycles. The molecule has 0 fully saturated rings. The lowest BCUT2D eigenvalue weighted by molar-refractivity contribution is -0.122. The highest BCUT2D eigenvalue weighted by Gasteiger charge is 2.13. The molecule has 0 unspecified atom stereocenters. The Morgan fingerprint density at radius 1 is 1.67 bits per heavy atom. The minimum Gasteiger partial charge on any atom is -0.383 e. The molecule has 0 aromatic carbocycles. The van der Waals surface area contributed by atoms with Gasteiger partial charge in [0.25, 0.3) is 0 Å². The second-order valence-electron chi connectivity index (χ2n) is 4.31. The van der Waals surface area contributed by atoms with Gasteiger partial charge in [0, 0.05) is 19.0 Å². The van der Waals surface area contributed by atoms with Crippen molar-refractivity contribution < 1.29 is 9.53 Å². The highest BCUT2D eigenvalue weighted by molar-refractivity contribution is 7.09. The molecule has 0 spiro atoms. The Morgan fingerprint density at radius 3 is 2.94 bits per heavy atom. The first-order chi connectivity index (χ1) is 8.52. The first-order valence-corrected chi connectivity index (χ1v) is 6.79. The van der Waals surface area contributed by atoms with Crippen molar-refractivity contribution in [3.8, 4) is 0 Å². The highest BCUT2D eigenvalue weighted by Crippen LogP contribution is 2.15. The zero-order chi connectivity index (χ0) is 13.5. The summed E-state index contributed by atoms with van der Waals surface area (Å²) in [5.41, 5.74) is 0.922. The van der Waals surface area contributed by atoms with Crippen molar-refractivity contribution in [3.05, 3.63) is 16.1 Å². The topological polar surface area (TPSA) is 54.5 Å². The average molecular weight is 271 g/mol. The number of aromatic nitrogens is 1. The molecule has 1 N–H and O–H groups in total. The minimum atomic E-state index is -0.0433. The van der Waals surface area contributed by atoms with Crippen molar-refractivity contribution in [3.63, 3.8) is 0 Å². The van der Waals surface area contributed by atoms with E-state index in [1.54, 1.807) is 18.4 Å². The van der Waals surface area contributed by atoms with Gasteiger partial charge >= 0.3 is 0 Å². The number of hydrogen-bond acceptors (Lipinski definition) is 5. The van der Waals surface area contributed by atoms with Crippen LogP contribution in [0.5, 0.6) is 0 Å². The number of amides is 1. The Bertz CT molecular complexity index is 381. The van der Waals surface area contributed by atoms with Crippen LogP contribution in [0.2, 0.25) is 0 Å². The van der Waals surface area contributed by atoms with Crippen LogP contribution in [-0.2, 0) is 9.53 Å². The standard InChI is InChI=1S/C12H21N3O2S/c1-9(11-8-18-10(2)14-11)13-12(16)7-15(3)5-6-17-4/h8-9H,5-7H2,1-4H3,(H,13,16)/t9-/m0/s1. The summed E-state index contributed by atoms with van der Waals surface area (Å²) in [6, 6.07) is -0.0433. The number of nitrogens with zero attached hydrogens (tertiary/aromatic N) is 2. The van der Waals surface area contributed by atoms with E-state index in [-0.39, 0.29) is 11.9 Å². The number of rotatable bonds is 7. The summed E-state index contributed by atoms with van der Waals surface area (Å²) in [6.45, 7) is 5.65. The molecule has 1 rings (SSSR count). The molecule has 1 heterocycles. The number of aryl methyl sites for hydroxylation is 1. The quantitative estimate of drug-likeness (QED) is 0.810. The molecule has 5 nitrogen and oxygen atoms in total. The number of nitrogens with one attached hydrogen (secondary N) is 1. The Balaban J connectivity index is 2.35. The Hall–Kier alpha value is -0.980. The molecular formula is C12H21N3O2S. The molecule has 18 heavy (non-hydrogen) atoms. The minimum absolute atomic E-state index is 0.00626. The van der Waals surface area contributed by atoms with E-state index in [1.807, 2.05) is 31.2 Å². The Morgan fingerprint density at radius 2 is 2.39 bits per heavy atom. The number of likely N-dealkylation sites (N-methyl/N-ethyl adjacent to an activating group) is 1. The van der Waals surface area contributed by atoms with Gasteiger partial charge in [-0.25, -0.2) is 4.98 Å². The summed E-state index contributed by atoms with van der Waals surface area (Å²) >= 11 is 1.60. The van der Waals surface area contributed by atoms with Crippen molar-refractivity contribution >= 4 is 17.2 Å². The van der Waals surface area contributed by atoms with E-state index in [2.05, 4.69) is 10.3 Å². The highest BCUT2D eigenvalue weighted by atomic mass is 32.1. The van der Waals surface area contributed by atoms with Crippen molar-refractivity contribution in [1.82, 2.24) is 15.2 Å². The van der Waals surface area contributed by atoms with E-state index in [0.717, 1.165) is 17.2 Å². The number of ether oxygens (including phenoxy) is 1. The fraction of sp³-hybridized carbons (Fsp3) is 0.667. The van der Waals surface area contributed by atoms with E-state index >= 15 is 0 Å². The van der Waals surface area contributed by atoms with Gasteiger partial charge in [-0.1, -0.05) is 0 Å². The van der Waals surface area contributed by atoms with Gasteiger partial charge in [0.2, 0.25) is 5.91 Å². The van der Waals surface area contributed by atoms with Crippen LogP contribution in [0.25, 0.3) is 0 Å². The van der Waals surface area contributed by atoms with E-state index < -0.39 is 0 Å². The van der Waals surface area contributed by atoms with E-state index in [4.69, 9.17) is 4.74 Å². The van der Waals surface area contributed by atoms with Crippen LogP contribution in [0.3, 0.4) is 0 Å². The fourth-order valence-electron chi connectivity index (χ4n) is 1.51. The zero-order valence-electron chi connectivity index (χ0n) is 11.4. The second-order valence-corrected chi connectivity index (χ2v) is 5.37. The van der Waals surface area contributed by atoms with Gasteiger partial charge < -0.3 is 10.1 Å². The fourth-order valence-corrected chi connectivity index (χ4v) is 2.22. The Labute approximate surface area is 112 Å². The van der Waals surface area contributed by atoms with Crippen molar-refractivity contribution in [2.45, 2.75) is 19.9 Å². The van der Waals surface area contributed by atoms with Gasteiger partial charge in [-0.2, -0.15) is 0 Å². The number of thiazole rings is 1. The van der Waals surface area contributed by atoms with Crippen LogP contribution >= 0.6 is 11.3 Å². The molecule has 1 amide bonds. The van der Waals surface area contributed by atoms with Crippen molar-refractivity contribution in [1.29, 1.82) is 0 Å². The largest absolute Gasteiger partial charge is 0.383 e. The van der Waals surface area contributed by atoms with Crippen LogP contribution in [0.15, 0.2) is 5.38 Å². The maximum Gasteiger partial charge on any atom is 0.234 e. The lowest BCUT2D eigenvalue weighted by atomic mass is 10.2. The summed E-state index contributed by atoms with van der Waals surface area (Å²) in [5, 5.41) is 5.94. The van der Waals surface area contributed by atoms with Gasteiger partial charge in [-0.3, -0.25) is 9.69 Å². The molecule has 1 aromatic heterocycles. The molecule has 0 aliphatic rings.